The van der Waals surface area contributed by atoms with Gasteiger partial charge in [-0.1, -0.05) is 30.3 Å². The van der Waals surface area contributed by atoms with Crippen molar-refractivity contribution in [1.29, 1.82) is 5.26 Å². The van der Waals surface area contributed by atoms with Crippen molar-refractivity contribution in [2.45, 2.75) is 31.4 Å². The van der Waals surface area contributed by atoms with Gasteiger partial charge in [-0.25, -0.2) is 4.79 Å². The molecule has 0 aliphatic carbocycles. The number of nitriles is 1. The molecule has 0 unspecified atom stereocenters. The summed E-state index contributed by atoms with van der Waals surface area (Å²) in [6.45, 7) is 1.37. The largest absolute Gasteiger partial charge is 0.445 e. The SMILES string of the molecule is N#CCC1(N)CCN(C(=O)OCc2ccccc2)CC1. The number of nitrogens with zero attached hydrogens (tertiary/aromatic N) is 2. The summed E-state index contributed by atoms with van der Waals surface area (Å²) in [4.78, 5) is 13.6. The van der Waals surface area contributed by atoms with Crippen molar-refractivity contribution < 1.29 is 9.53 Å². The summed E-state index contributed by atoms with van der Waals surface area (Å²) >= 11 is 0. The molecule has 5 heteroatoms. The van der Waals surface area contributed by atoms with E-state index in [0.717, 1.165) is 5.56 Å². The van der Waals surface area contributed by atoms with Gasteiger partial charge in [0.2, 0.25) is 0 Å². The minimum absolute atomic E-state index is 0.280. The normalized spacial score (nSPS) is 17.3. The minimum Gasteiger partial charge on any atom is -0.445 e. The highest BCUT2D eigenvalue weighted by Gasteiger charge is 2.32. The van der Waals surface area contributed by atoms with Crippen LogP contribution in [0.15, 0.2) is 30.3 Å². The van der Waals surface area contributed by atoms with Crippen LogP contribution < -0.4 is 5.73 Å². The fraction of sp³-hybridized carbons (Fsp3) is 0.467. The highest BCUT2D eigenvalue weighted by atomic mass is 16.6. The molecule has 1 fully saturated rings. The summed E-state index contributed by atoms with van der Waals surface area (Å²) in [5.41, 5.74) is 6.61. The Labute approximate surface area is 118 Å². The third kappa shape index (κ3) is 3.72. The van der Waals surface area contributed by atoms with Crippen LogP contribution in [-0.2, 0) is 11.3 Å². The zero-order valence-corrected chi connectivity index (χ0v) is 11.4. The van der Waals surface area contributed by atoms with E-state index in [2.05, 4.69) is 6.07 Å². The first-order chi connectivity index (χ1) is 9.63. The van der Waals surface area contributed by atoms with Gasteiger partial charge in [0.25, 0.3) is 0 Å². The number of rotatable bonds is 3. The van der Waals surface area contributed by atoms with Crippen molar-refractivity contribution in [2.24, 2.45) is 5.73 Å². The first-order valence-electron chi connectivity index (χ1n) is 6.74. The van der Waals surface area contributed by atoms with E-state index in [9.17, 15) is 4.79 Å². The predicted molar refractivity (Wildman–Crippen MR) is 74.6 cm³/mol. The van der Waals surface area contributed by atoms with Crippen molar-refractivity contribution in [3.05, 3.63) is 35.9 Å². The van der Waals surface area contributed by atoms with Crippen LogP contribution in [0.25, 0.3) is 0 Å². The summed E-state index contributed by atoms with van der Waals surface area (Å²) in [5.74, 6) is 0. The maximum atomic E-state index is 11.9. The van der Waals surface area contributed by atoms with Gasteiger partial charge in [-0.3, -0.25) is 0 Å². The Morgan fingerprint density at radius 3 is 2.60 bits per heavy atom. The second-order valence-electron chi connectivity index (χ2n) is 5.22. The van der Waals surface area contributed by atoms with Gasteiger partial charge >= 0.3 is 6.09 Å². The maximum Gasteiger partial charge on any atom is 0.410 e. The van der Waals surface area contributed by atoms with Gasteiger partial charge in [-0.05, 0) is 18.4 Å². The summed E-state index contributed by atoms with van der Waals surface area (Å²) in [5, 5.41) is 8.73. The van der Waals surface area contributed by atoms with Crippen molar-refractivity contribution in [3.63, 3.8) is 0 Å². The molecule has 1 aromatic carbocycles. The second kappa shape index (κ2) is 6.40. The molecule has 0 saturated carbocycles. The topological polar surface area (TPSA) is 79.4 Å². The van der Waals surface area contributed by atoms with Gasteiger partial charge in [0.15, 0.2) is 0 Å². The number of amides is 1. The summed E-state index contributed by atoms with van der Waals surface area (Å²) in [7, 11) is 0. The zero-order chi connectivity index (χ0) is 14.4. The number of carbonyl (C=O) groups is 1. The van der Waals surface area contributed by atoms with Gasteiger partial charge in [-0.15, -0.1) is 0 Å². The number of hydrogen-bond acceptors (Lipinski definition) is 4. The van der Waals surface area contributed by atoms with Crippen molar-refractivity contribution in [1.82, 2.24) is 4.90 Å². The predicted octanol–water partition coefficient (Wildman–Crippen LogP) is 2.03. The van der Waals surface area contributed by atoms with E-state index in [-0.39, 0.29) is 12.7 Å². The van der Waals surface area contributed by atoms with Gasteiger partial charge in [0, 0.05) is 18.6 Å². The average molecular weight is 273 g/mol. The second-order valence-corrected chi connectivity index (χ2v) is 5.22. The molecule has 20 heavy (non-hydrogen) atoms. The number of benzene rings is 1. The average Bonchev–Trinajstić information content (AvgIpc) is 2.47. The van der Waals surface area contributed by atoms with E-state index < -0.39 is 5.54 Å². The molecule has 0 aromatic heterocycles. The standard InChI is InChI=1S/C15H19N3O2/c16-9-6-15(17)7-10-18(11-8-15)14(19)20-12-13-4-2-1-3-5-13/h1-5H,6-8,10-12,17H2. The number of ether oxygens (including phenoxy) is 1. The smallest absolute Gasteiger partial charge is 0.410 e. The van der Waals surface area contributed by atoms with Crippen molar-refractivity contribution in [3.8, 4) is 6.07 Å². The lowest BCUT2D eigenvalue weighted by Gasteiger charge is -2.37. The molecular formula is C15H19N3O2. The Balaban J connectivity index is 1.79. The molecule has 1 aromatic rings. The fourth-order valence-electron chi connectivity index (χ4n) is 2.28. The van der Waals surface area contributed by atoms with Gasteiger partial charge in [0.05, 0.1) is 12.5 Å². The van der Waals surface area contributed by atoms with Crippen LogP contribution in [-0.4, -0.2) is 29.6 Å². The monoisotopic (exact) mass is 273 g/mol. The van der Waals surface area contributed by atoms with E-state index in [1.807, 2.05) is 30.3 Å². The molecule has 1 saturated heterocycles. The molecule has 0 bridgehead atoms. The Morgan fingerprint density at radius 2 is 2.00 bits per heavy atom. The van der Waals surface area contributed by atoms with E-state index in [4.69, 9.17) is 15.7 Å². The zero-order valence-electron chi connectivity index (χ0n) is 11.4. The minimum atomic E-state index is -0.453. The van der Waals surface area contributed by atoms with Crippen LogP contribution in [0.2, 0.25) is 0 Å². The van der Waals surface area contributed by atoms with Crippen LogP contribution in [0.1, 0.15) is 24.8 Å². The molecule has 0 radical (unpaired) electrons. The van der Waals surface area contributed by atoms with Crippen LogP contribution in [0.3, 0.4) is 0 Å². The molecular weight excluding hydrogens is 254 g/mol. The van der Waals surface area contributed by atoms with Crippen LogP contribution in [0, 0.1) is 11.3 Å². The number of carbonyl (C=O) groups excluding carboxylic acids is 1. The Morgan fingerprint density at radius 1 is 1.35 bits per heavy atom. The number of nitrogens with two attached hydrogens (primary N) is 1. The lowest BCUT2D eigenvalue weighted by molar-refractivity contribution is 0.0787. The fourth-order valence-corrected chi connectivity index (χ4v) is 2.28. The van der Waals surface area contributed by atoms with E-state index in [0.29, 0.717) is 32.4 Å². The van der Waals surface area contributed by atoms with E-state index >= 15 is 0 Å². The number of hydrogen-bond donors (Lipinski definition) is 1. The molecule has 5 nitrogen and oxygen atoms in total. The Bertz CT molecular complexity index is 488. The molecule has 2 rings (SSSR count). The molecule has 1 heterocycles. The molecule has 2 N–H and O–H groups in total. The van der Waals surface area contributed by atoms with Crippen LogP contribution in [0.5, 0.6) is 0 Å². The quantitative estimate of drug-likeness (QED) is 0.913. The third-order valence-corrected chi connectivity index (χ3v) is 3.65. The lowest BCUT2D eigenvalue weighted by Crippen LogP contribution is -2.51. The maximum absolute atomic E-state index is 11.9. The van der Waals surface area contributed by atoms with Crippen molar-refractivity contribution in [2.75, 3.05) is 13.1 Å². The molecule has 1 aliphatic rings. The van der Waals surface area contributed by atoms with Gasteiger partial charge < -0.3 is 15.4 Å². The van der Waals surface area contributed by atoms with Crippen LogP contribution in [0.4, 0.5) is 4.79 Å². The molecule has 106 valence electrons. The highest BCUT2D eigenvalue weighted by molar-refractivity contribution is 5.67. The summed E-state index contributed by atoms with van der Waals surface area (Å²) in [6, 6.07) is 11.7. The molecule has 1 amide bonds. The van der Waals surface area contributed by atoms with Gasteiger partial charge in [-0.2, -0.15) is 5.26 Å². The summed E-state index contributed by atoms with van der Waals surface area (Å²) < 4.78 is 5.28. The highest BCUT2D eigenvalue weighted by Crippen LogP contribution is 2.23. The Kier molecular flexibility index (Phi) is 4.59. The molecule has 0 spiro atoms. The Hall–Kier alpha value is -2.06. The van der Waals surface area contributed by atoms with Crippen LogP contribution >= 0.6 is 0 Å². The first kappa shape index (κ1) is 14.4. The molecule has 1 aliphatic heterocycles. The third-order valence-electron chi connectivity index (χ3n) is 3.65. The number of piperidine rings is 1. The van der Waals surface area contributed by atoms with Gasteiger partial charge in [0.1, 0.15) is 6.61 Å². The van der Waals surface area contributed by atoms with E-state index in [1.165, 1.54) is 0 Å². The molecule has 0 atom stereocenters. The first-order valence-corrected chi connectivity index (χ1v) is 6.74. The van der Waals surface area contributed by atoms with E-state index in [1.54, 1.807) is 4.90 Å². The lowest BCUT2D eigenvalue weighted by atomic mass is 9.86. The summed E-state index contributed by atoms with van der Waals surface area (Å²) in [6.07, 6.45) is 1.30. The number of likely N-dealkylation sites (tertiary alicyclic amines) is 1. The van der Waals surface area contributed by atoms with Crippen molar-refractivity contribution >= 4 is 6.09 Å².